The molecule has 110 valence electrons. The fourth-order valence-electron chi connectivity index (χ4n) is 1.56. The van der Waals surface area contributed by atoms with E-state index in [1.807, 2.05) is 0 Å². The quantitative estimate of drug-likeness (QED) is 0.595. The van der Waals surface area contributed by atoms with E-state index in [9.17, 15) is 27.7 Å². The molecule has 0 unspecified atom stereocenters. The number of carbonyl (C=O) groups is 1. The summed E-state index contributed by atoms with van der Waals surface area (Å²) in [6, 6.07) is 2.72. The van der Waals surface area contributed by atoms with Crippen molar-refractivity contribution in [3.05, 3.63) is 34.1 Å². The lowest BCUT2D eigenvalue weighted by molar-refractivity contribution is -0.390. The number of amides is 1. The largest absolute Gasteiger partial charge is 0.369 e. The number of likely N-dealkylation sites (N-methyl/N-ethyl adjacent to an activating group) is 1. The first kappa shape index (κ1) is 16.0. The lowest BCUT2D eigenvalue weighted by atomic mass is 10.3. The van der Waals surface area contributed by atoms with E-state index in [0.29, 0.717) is 4.31 Å². The van der Waals surface area contributed by atoms with Crippen LogP contribution in [0.5, 0.6) is 0 Å². The molecule has 1 aromatic rings. The van der Waals surface area contributed by atoms with Gasteiger partial charge in [-0.1, -0.05) is 13.0 Å². The fraction of sp³-hybridized carbons (Fsp3) is 0.300. The molecule has 0 heterocycles. The Kier molecular flexibility index (Phi) is 4.73. The summed E-state index contributed by atoms with van der Waals surface area (Å²) in [5, 5.41) is 10.8. The van der Waals surface area contributed by atoms with Gasteiger partial charge in [-0.25, -0.2) is 8.42 Å². The Hall–Kier alpha value is -2.07. The third kappa shape index (κ3) is 3.08. The Balaban J connectivity index is 3.46. The second-order valence-corrected chi connectivity index (χ2v) is 5.65. The van der Waals surface area contributed by atoms with Crippen LogP contribution in [0.25, 0.3) is 0 Å². The number of rotatable bonds is 6. The Morgan fingerprint density at radius 2 is 2.10 bits per heavy atom. The van der Waals surface area contributed by atoms with Crippen LogP contribution < -0.4 is 5.73 Å². The number of halogens is 1. The van der Waals surface area contributed by atoms with Crippen molar-refractivity contribution in [1.82, 2.24) is 4.31 Å². The van der Waals surface area contributed by atoms with Gasteiger partial charge in [0.25, 0.3) is 0 Å². The van der Waals surface area contributed by atoms with Crippen LogP contribution in [-0.4, -0.2) is 36.6 Å². The highest BCUT2D eigenvalue weighted by atomic mass is 32.2. The molecular weight excluding hydrogens is 293 g/mol. The molecule has 10 heteroatoms. The normalized spacial score (nSPS) is 11.6. The highest BCUT2D eigenvalue weighted by molar-refractivity contribution is 7.89. The van der Waals surface area contributed by atoms with Crippen LogP contribution in [0, 0.1) is 15.9 Å². The summed E-state index contributed by atoms with van der Waals surface area (Å²) >= 11 is 0. The van der Waals surface area contributed by atoms with Crippen molar-refractivity contribution in [3.63, 3.8) is 0 Å². The first-order valence-corrected chi connectivity index (χ1v) is 6.87. The Morgan fingerprint density at radius 3 is 2.55 bits per heavy atom. The maximum Gasteiger partial charge on any atom is 0.324 e. The van der Waals surface area contributed by atoms with Crippen LogP contribution in [-0.2, 0) is 14.8 Å². The number of nitrogens with zero attached hydrogens (tertiary/aromatic N) is 2. The van der Waals surface area contributed by atoms with E-state index < -0.39 is 43.8 Å². The Bertz CT molecular complexity index is 646. The number of para-hydroxylation sites is 1. The number of primary amides is 1. The second-order valence-electron chi connectivity index (χ2n) is 3.74. The zero-order valence-electron chi connectivity index (χ0n) is 10.4. The van der Waals surface area contributed by atoms with Crippen LogP contribution in [0.3, 0.4) is 0 Å². The highest BCUT2D eigenvalue weighted by Crippen LogP contribution is 2.28. The summed E-state index contributed by atoms with van der Waals surface area (Å²) in [6.07, 6.45) is 0. The van der Waals surface area contributed by atoms with Crippen LogP contribution in [0.15, 0.2) is 23.1 Å². The van der Waals surface area contributed by atoms with Gasteiger partial charge in [-0.2, -0.15) is 8.70 Å². The number of hydrogen-bond acceptors (Lipinski definition) is 5. The van der Waals surface area contributed by atoms with Crippen molar-refractivity contribution >= 4 is 21.6 Å². The van der Waals surface area contributed by atoms with Crippen LogP contribution in [0.2, 0.25) is 0 Å². The number of hydrogen-bond donors (Lipinski definition) is 1. The molecule has 0 atom stereocenters. The van der Waals surface area contributed by atoms with Gasteiger partial charge in [0.2, 0.25) is 21.7 Å². The van der Waals surface area contributed by atoms with Crippen LogP contribution in [0.1, 0.15) is 6.92 Å². The predicted octanol–water partition coefficient (Wildman–Crippen LogP) is 0.230. The summed E-state index contributed by atoms with van der Waals surface area (Å²) in [4.78, 5) is 19.7. The third-order valence-electron chi connectivity index (χ3n) is 2.44. The van der Waals surface area contributed by atoms with E-state index in [-0.39, 0.29) is 6.54 Å². The van der Waals surface area contributed by atoms with Crippen LogP contribution >= 0.6 is 0 Å². The maximum atomic E-state index is 13.4. The fourth-order valence-corrected chi connectivity index (χ4v) is 3.14. The van der Waals surface area contributed by atoms with Gasteiger partial charge in [0.15, 0.2) is 4.90 Å². The average Bonchev–Trinajstić information content (AvgIpc) is 2.34. The summed E-state index contributed by atoms with van der Waals surface area (Å²) < 4.78 is 38.5. The smallest absolute Gasteiger partial charge is 0.324 e. The molecule has 0 bridgehead atoms. The molecule has 8 nitrogen and oxygen atoms in total. The van der Waals surface area contributed by atoms with E-state index in [1.54, 1.807) is 0 Å². The highest BCUT2D eigenvalue weighted by Gasteiger charge is 2.33. The summed E-state index contributed by atoms with van der Waals surface area (Å²) in [6.45, 7) is 0.636. The molecular formula is C10H12FN3O5S. The molecule has 20 heavy (non-hydrogen) atoms. The SMILES string of the molecule is CCN(CC(N)=O)S(=O)(=O)c1cccc(F)c1[N+](=O)[O-]. The standard InChI is InChI=1S/C10H12FN3O5S/c1-2-13(6-9(12)15)20(18,19)8-5-3-4-7(11)10(8)14(16)17/h3-5H,2,6H2,1H3,(H2,12,15). The first-order valence-electron chi connectivity index (χ1n) is 5.43. The summed E-state index contributed by atoms with van der Waals surface area (Å²) in [7, 11) is -4.39. The molecule has 0 spiro atoms. The van der Waals surface area contributed by atoms with Gasteiger partial charge in [-0.15, -0.1) is 0 Å². The van der Waals surface area contributed by atoms with Gasteiger partial charge in [0.05, 0.1) is 11.5 Å². The average molecular weight is 305 g/mol. The zero-order chi connectivity index (χ0) is 15.5. The van der Waals surface area contributed by atoms with Crippen molar-refractivity contribution in [2.45, 2.75) is 11.8 Å². The Labute approximate surface area is 114 Å². The van der Waals surface area contributed by atoms with Gasteiger partial charge in [0.1, 0.15) is 0 Å². The first-order chi connectivity index (χ1) is 9.21. The number of nitrogens with two attached hydrogens (primary N) is 1. The van der Waals surface area contributed by atoms with Crippen LogP contribution in [0.4, 0.5) is 10.1 Å². The zero-order valence-corrected chi connectivity index (χ0v) is 11.3. The molecule has 1 rings (SSSR count). The van der Waals surface area contributed by atoms with E-state index >= 15 is 0 Å². The summed E-state index contributed by atoms with van der Waals surface area (Å²) in [5.41, 5.74) is 3.76. The van der Waals surface area contributed by atoms with Crippen molar-refractivity contribution < 1.29 is 22.5 Å². The molecule has 1 amide bonds. The molecule has 0 aromatic heterocycles. The lowest BCUT2D eigenvalue weighted by Crippen LogP contribution is -2.38. The van der Waals surface area contributed by atoms with Crippen molar-refractivity contribution in [1.29, 1.82) is 0 Å². The topological polar surface area (TPSA) is 124 Å². The van der Waals surface area contributed by atoms with E-state index in [2.05, 4.69) is 0 Å². The molecule has 0 saturated heterocycles. The molecule has 2 N–H and O–H groups in total. The van der Waals surface area contributed by atoms with Gasteiger partial charge in [0, 0.05) is 6.54 Å². The Morgan fingerprint density at radius 1 is 1.50 bits per heavy atom. The maximum absolute atomic E-state index is 13.4. The molecule has 1 aromatic carbocycles. The minimum absolute atomic E-state index is 0.140. The van der Waals surface area contributed by atoms with Crippen molar-refractivity contribution in [2.75, 3.05) is 13.1 Å². The van der Waals surface area contributed by atoms with Gasteiger partial charge in [-0.05, 0) is 12.1 Å². The molecule has 0 fully saturated rings. The summed E-state index contributed by atoms with van der Waals surface area (Å²) in [5.74, 6) is -2.19. The molecule has 0 saturated carbocycles. The second kappa shape index (κ2) is 5.92. The number of nitro groups is 1. The van der Waals surface area contributed by atoms with E-state index in [0.717, 1.165) is 18.2 Å². The third-order valence-corrected chi connectivity index (χ3v) is 4.39. The monoisotopic (exact) mass is 305 g/mol. The molecule has 0 aliphatic carbocycles. The van der Waals surface area contributed by atoms with Gasteiger partial charge in [-0.3, -0.25) is 14.9 Å². The van der Waals surface area contributed by atoms with Gasteiger partial charge < -0.3 is 5.73 Å². The number of sulfonamides is 1. The number of nitro benzene ring substituents is 1. The minimum atomic E-state index is -4.39. The number of carbonyl (C=O) groups excluding carboxylic acids is 1. The van der Waals surface area contributed by atoms with E-state index in [1.165, 1.54) is 6.92 Å². The van der Waals surface area contributed by atoms with Crippen molar-refractivity contribution in [3.8, 4) is 0 Å². The minimum Gasteiger partial charge on any atom is -0.369 e. The predicted molar refractivity (Wildman–Crippen MR) is 66.7 cm³/mol. The lowest BCUT2D eigenvalue weighted by Gasteiger charge is -2.18. The van der Waals surface area contributed by atoms with Crippen molar-refractivity contribution in [2.24, 2.45) is 5.73 Å². The molecule has 0 radical (unpaired) electrons. The number of benzene rings is 1. The molecule has 0 aliphatic heterocycles. The van der Waals surface area contributed by atoms with Gasteiger partial charge >= 0.3 is 5.69 Å². The van der Waals surface area contributed by atoms with E-state index in [4.69, 9.17) is 5.73 Å². The molecule has 0 aliphatic rings.